The van der Waals surface area contributed by atoms with E-state index in [1.54, 1.807) is 24.4 Å². The number of amidine groups is 1. The zero-order valence-electron chi connectivity index (χ0n) is 20.4. The van der Waals surface area contributed by atoms with Crippen LogP contribution >= 0.6 is 0 Å². The Hall–Kier alpha value is -2.56. The number of rotatable bonds is 9. The highest BCUT2D eigenvalue weighted by atomic mass is 32.2. The van der Waals surface area contributed by atoms with Gasteiger partial charge in [0.1, 0.15) is 17.3 Å². The molecule has 186 valence electrons. The second-order valence-electron chi connectivity index (χ2n) is 9.10. The molecule has 1 saturated heterocycles. The van der Waals surface area contributed by atoms with Crippen LogP contribution in [-0.4, -0.2) is 63.5 Å². The third-order valence-corrected chi connectivity index (χ3v) is 7.94. The Balaban J connectivity index is 1.71. The summed E-state index contributed by atoms with van der Waals surface area (Å²) in [6.45, 7) is 8.47. The number of benzene rings is 1. The van der Waals surface area contributed by atoms with Gasteiger partial charge >= 0.3 is 0 Å². The van der Waals surface area contributed by atoms with Crippen LogP contribution < -0.4 is 15.5 Å². The highest BCUT2D eigenvalue weighted by Crippen LogP contribution is 2.31. The summed E-state index contributed by atoms with van der Waals surface area (Å²) in [6.07, 6.45) is 4.59. The fraction of sp³-hybridized carbons (Fsp3) is 0.542. The van der Waals surface area contributed by atoms with Crippen molar-refractivity contribution in [2.24, 2.45) is 10.9 Å². The molecule has 0 atom stereocenters. The summed E-state index contributed by atoms with van der Waals surface area (Å²) in [5.74, 6) is 1.69. The topological polar surface area (TPSA) is 95.5 Å². The number of likely N-dealkylation sites (N-methyl/N-ethyl adjacent to an activating group) is 1. The molecule has 4 rings (SSSR count). The number of aliphatic imine (C=N–C) groups is 1. The molecule has 3 aliphatic heterocycles. The lowest BCUT2D eigenvalue weighted by molar-refractivity contribution is 0.0730. The first-order chi connectivity index (χ1) is 16.3. The quantitative estimate of drug-likeness (QED) is 0.551. The highest BCUT2D eigenvalue weighted by Gasteiger charge is 2.31. The SMILES string of the molecule is CCCC1=C2NC(c3cc(S(=O)(=O)N4CCOCC4)ccc3OCCC(C)C)=NC=C2N(C)N1. The lowest BCUT2D eigenvalue weighted by atomic mass is 10.1. The molecule has 0 radical (unpaired) electrons. The average molecular weight is 490 g/mol. The first-order valence-electron chi connectivity index (χ1n) is 11.9. The molecule has 1 fully saturated rings. The summed E-state index contributed by atoms with van der Waals surface area (Å²) < 4.78 is 39.6. The van der Waals surface area contributed by atoms with Gasteiger partial charge in [-0.2, -0.15) is 4.31 Å². The standard InChI is InChI=1S/C24H35N5O4S/c1-5-6-20-23-21(28(4)27-20)16-25-24(26-23)19-15-18(7-8-22(19)33-12-9-17(2)3)34(30,31)29-10-13-32-14-11-29/h7-8,15-17,27H,5-6,9-14H2,1-4H3,(H,25,26). The van der Waals surface area contributed by atoms with Crippen LogP contribution in [0.2, 0.25) is 0 Å². The maximum Gasteiger partial charge on any atom is 0.243 e. The summed E-state index contributed by atoms with van der Waals surface area (Å²) in [7, 11) is -1.70. The largest absolute Gasteiger partial charge is 0.493 e. The van der Waals surface area contributed by atoms with E-state index in [0.29, 0.717) is 56.0 Å². The third-order valence-electron chi connectivity index (χ3n) is 6.05. The van der Waals surface area contributed by atoms with Crippen molar-refractivity contribution >= 4 is 15.9 Å². The molecule has 0 spiro atoms. The van der Waals surface area contributed by atoms with Crippen molar-refractivity contribution in [3.05, 3.63) is 47.1 Å². The van der Waals surface area contributed by atoms with E-state index in [0.717, 1.165) is 36.4 Å². The average Bonchev–Trinajstić information content (AvgIpc) is 3.14. The molecule has 34 heavy (non-hydrogen) atoms. The number of ether oxygens (including phenoxy) is 2. The van der Waals surface area contributed by atoms with Gasteiger partial charge in [0.05, 0.1) is 47.9 Å². The Kier molecular flexibility index (Phi) is 7.49. The van der Waals surface area contributed by atoms with Gasteiger partial charge in [-0.25, -0.2) is 13.4 Å². The Labute approximate surface area is 202 Å². The van der Waals surface area contributed by atoms with Gasteiger partial charge in [-0.3, -0.25) is 5.01 Å². The number of sulfonamides is 1. The number of nitrogens with zero attached hydrogens (tertiary/aromatic N) is 3. The molecule has 9 nitrogen and oxygen atoms in total. The Morgan fingerprint density at radius 2 is 2.00 bits per heavy atom. The van der Waals surface area contributed by atoms with Crippen LogP contribution in [0.5, 0.6) is 5.75 Å². The van der Waals surface area contributed by atoms with Crippen LogP contribution in [0, 0.1) is 5.92 Å². The van der Waals surface area contributed by atoms with Gasteiger partial charge < -0.3 is 20.2 Å². The molecule has 10 heteroatoms. The van der Waals surface area contributed by atoms with E-state index < -0.39 is 10.0 Å². The van der Waals surface area contributed by atoms with Crippen LogP contribution in [0.1, 0.15) is 45.6 Å². The molecule has 0 bridgehead atoms. The number of hydrogen-bond donors (Lipinski definition) is 2. The van der Waals surface area contributed by atoms with E-state index in [-0.39, 0.29) is 4.90 Å². The summed E-state index contributed by atoms with van der Waals surface area (Å²) in [4.78, 5) is 4.87. The molecular weight excluding hydrogens is 454 g/mol. The number of hydrazine groups is 1. The number of fused-ring (bicyclic) bond motifs is 1. The van der Waals surface area contributed by atoms with E-state index in [1.807, 2.05) is 12.1 Å². The zero-order chi connectivity index (χ0) is 24.3. The molecule has 2 N–H and O–H groups in total. The fourth-order valence-corrected chi connectivity index (χ4v) is 5.53. The van der Waals surface area contributed by atoms with Gasteiger partial charge in [0, 0.05) is 20.1 Å². The molecule has 0 unspecified atom stereocenters. The smallest absolute Gasteiger partial charge is 0.243 e. The molecule has 0 amide bonds. The van der Waals surface area contributed by atoms with Crippen molar-refractivity contribution in [2.45, 2.75) is 44.9 Å². The lowest BCUT2D eigenvalue weighted by Crippen LogP contribution is -2.40. The first kappa shape index (κ1) is 24.6. The van der Waals surface area contributed by atoms with Crippen molar-refractivity contribution in [1.82, 2.24) is 20.1 Å². The molecule has 1 aromatic carbocycles. The van der Waals surface area contributed by atoms with Crippen LogP contribution in [0.3, 0.4) is 0 Å². The minimum absolute atomic E-state index is 0.226. The summed E-state index contributed by atoms with van der Waals surface area (Å²) in [5, 5.41) is 5.38. The van der Waals surface area contributed by atoms with Crippen molar-refractivity contribution in [2.75, 3.05) is 40.0 Å². The van der Waals surface area contributed by atoms with E-state index in [9.17, 15) is 8.42 Å². The Morgan fingerprint density at radius 3 is 2.71 bits per heavy atom. The first-order valence-corrected chi connectivity index (χ1v) is 13.4. The van der Waals surface area contributed by atoms with Gasteiger partial charge in [-0.05, 0) is 37.0 Å². The Bertz CT molecular complexity index is 1100. The minimum Gasteiger partial charge on any atom is -0.493 e. The predicted molar refractivity (Wildman–Crippen MR) is 132 cm³/mol. The number of hydrogen-bond acceptors (Lipinski definition) is 8. The van der Waals surface area contributed by atoms with Gasteiger partial charge in [-0.1, -0.05) is 27.2 Å². The molecule has 1 aromatic rings. The maximum atomic E-state index is 13.3. The normalized spacial score (nSPS) is 18.9. The zero-order valence-corrected chi connectivity index (χ0v) is 21.2. The van der Waals surface area contributed by atoms with Crippen molar-refractivity contribution in [3.63, 3.8) is 0 Å². The van der Waals surface area contributed by atoms with Gasteiger partial charge in [0.25, 0.3) is 0 Å². The van der Waals surface area contributed by atoms with E-state index >= 15 is 0 Å². The highest BCUT2D eigenvalue weighted by molar-refractivity contribution is 7.89. The monoisotopic (exact) mass is 489 g/mol. The van der Waals surface area contributed by atoms with E-state index in [4.69, 9.17) is 9.47 Å². The molecular formula is C24H35N5O4S. The van der Waals surface area contributed by atoms with Crippen molar-refractivity contribution in [1.29, 1.82) is 0 Å². The second-order valence-corrected chi connectivity index (χ2v) is 11.0. The van der Waals surface area contributed by atoms with Crippen LogP contribution in [-0.2, 0) is 14.8 Å². The number of morpholine rings is 1. The van der Waals surface area contributed by atoms with Crippen LogP contribution in [0.4, 0.5) is 0 Å². The van der Waals surface area contributed by atoms with Crippen molar-refractivity contribution < 1.29 is 17.9 Å². The number of allylic oxidation sites excluding steroid dienone is 1. The van der Waals surface area contributed by atoms with E-state index in [2.05, 4.69) is 36.5 Å². The predicted octanol–water partition coefficient (Wildman–Crippen LogP) is 2.79. The number of nitrogens with one attached hydrogen (secondary N) is 2. The van der Waals surface area contributed by atoms with Gasteiger partial charge in [0.2, 0.25) is 10.0 Å². The second kappa shape index (κ2) is 10.4. The maximum absolute atomic E-state index is 13.3. The molecule has 0 aliphatic carbocycles. The Morgan fingerprint density at radius 1 is 1.24 bits per heavy atom. The summed E-state index contributed by atoms with van der Waals surface area (Å²) in [6, 6.07) is 5.04. The van der Waals surface area contributed by atoms with Gasteiger partial charge in [-0.15, -0.1) is 0 Å². The molecule has 3 aliphatic rings. The summed E-state index contributed by atoms with van der Waals surface area (Å²) >= 11 is 0. The van der Waals surface area contributed by atoms with E-state index in [1.165, 1.54) is 4.31 Å². The van der Waals surface area contributed by atoms with Crippen LogP contribution in [0.25, 0.3) is 0 Å². The summed E-state index contributed by atoms with van der Waals surface area (Å²) in [5.41, 5.74) is 7.00. The van der Waals surface area contributed by atoms with Gasteiger partial charge in [0.15, 0.2) is 0 Å². The third kappa shape index (κ3) is 5.08. The molecule has 0 aromatic heterocycles. The minimum atomic E-state index is -3.65. The van der Waals surface area contributed by atoms with Crippen molar-refractivity contribution in [3.8, 4) is 5.75 Å². The fourth-order valence-electron chi connectivity index (χ4n) is 4.10. The lowest BCUT2D eigenvalue weighted by Gasteiger charge is -2.26. The molecule has 3 heterocycles. The van der Waals surface area contributed by atoms with Crippen LogP contribution in [0.15, 0.2) is 51.4 Å². The molecule has 0 saturated carbocycles.